The summed E-state index contributed by atoms with van der Waals surface area (Å²) in [6, 6.07) is 7.15. The molecule has 4 nitrogen and oxygen atoms in total. The molecule has 0 atom stereocenters. The molecule has 1 heterocycles. The molecular formula is C12H15N3O. The van der Waals surface area contributed by atoms with Gasteiger partial charge in [-0.3, -0.25) is 0 Å². The van der Waals surface area contributed by atoms with Gasteiger partial charge in [-0.05, 0) is 24.6 Å². The predicted octanol–water partition coefficient (Wildman–Crippen LogP) is 2.22. The lowest BCUT2D eigenvalue weighted by atomic mass is 10.2. The first kappa shape index (κ1) is 10.5. The highest BCUT2D eigenvalue weighted by Crippen LogP contribution is 2.11. The highest BCUT2D eigenvalue weighted by molar-refractivity contribution is 5.31. The van der Waals surface area contributed by atoms with Gasteiger partial charge in [-0.1, -0.05) is 12.1 Å². The third kappa shape index (κ3) is 2.34. The highest BCUT2D eigenvalue weighted by Gasteiger charge is 2.00. The Kier molecular flexibility index (Phi) is 3.10. The third-order valence-corrected chi connectivity index (χ3v) is 2.44. The van der Waals surface area contributed by atoms with E-state index in [2.05, 4.69) is 17.2 Å². The van der Waals surface area contributed by atoms with Gasteiger partial charge in [-0.15, -0.1) is 0 Å². The molecule has 2 aromatic rings. The van der Waals surface area contributed by atoms with Gasteiger partial charge in [0.05, 0.1) is 0 Å². The van der Waals surface area contributed by atoms with Crippen LogP contribution in [0.1, 0.15) is 12.5 Å². The fourth-order valence-corrected chi connectivity index (χ4v) is 1.53. The van der Waals surface area contributed by atoms with Crippen molar-refractivity contribution in [3.8, 4) is 5.75 Å². The molecular weight excluding hydrogens is 202 g/mol. The highest BCUT2D eigenvalue weighted by atomic mass is 16.3. The molecule has 84 valence electrons. The Hall–Kier alpha value is -1.97. The lowest BCUT2D eigenvalue weighted by Gasteiger charge is -2.07. The number of aromatic hydroxyl groups is 1. The van der Waals surface area contributed by atoms with Gasteiger partial charge < -0.3 is 15.0 Å². The van der Waals surface area contributed by atoms with E-state index >= 15 is 0 Å². The van der Waals surface area contributed by atoms with Crippen LogP contribution < -0.4 is 5.32 Å². The van der Waals surface area contributed by atoms with E-state index in [4.69, 9.17) is 5.11 Å². The van der Waals surface area contributed by atoms with Crippen LogP contribution in [0.4, 0.5) is 5.95 Å². The van der Waals surface area contributed by atoms with E-state index in [1.807, 2.05) is 22.9 Å². The van der Waals surface area contributed by atoms with Crippen LogP contribution >= 0.6 is 0 Å². The quantitative estimate of drug-likeness (QED) is 0.825. The SMILES string of the molecule is CCn1ccnc1NCc1ccc(O)cc1. The van der Waals surface area contributed by atoms with Gasteiger partial charge in [0.2, 0.25) is 5.95 Å². The van der Waals surface area contributed by atoms with Crippen molar-refractivity contribution in [3.05, 3.63) is 42.2 Å². The van der Waals surface area contributed by atoms with Gasteiger partial charge in [-0.25, -0.2) is 4.98 Å². The number of benzene rings is 1. The molecule has 0 fully saturated rings. The fraction of sp³-hybridized carbons (Fsp3) is 0.250. The van der Waals surface area contributed by atoms with Crippen LogP contribution in [0.15, 0.2) is 36.7 Å². The monoisotopic (exact) mass is 217 g/mol. The van der Waals surface area contributed by atoms with Crippen LogP contribution in [0.5, 0.6) is 5.75 Å². The molecule has 0 spiro atoms. The van der Waals surface area contributed by atoms with Crippen LogP contribution in [-0.4, -0.2) is 14.7 Å². The summed E-state index contributed by atoms with van der Waals surface area (Å²) in [5.41, 5.74) is 1.11. The number of phenols is 1. The van der Waals surface area contributed by atoms with Crippen molar-refractivity contribution < 1.29 is 5.11 Å². The molecule has 0 amide bonds. The maximum Gasteiger partial charge on any atom is 0.203 e. The van der Waals surface area contributed by atoms with E-state index in [9.17, 15) is 0 Å². The molecule has 1 aromatic heterocycles. The van der Waals surface area contributed by atoms with E-state index in [1.54, 1.807) is 18.3 Å². The second-order valence-electron chi connectivity index (χ2n) is 3.56. The summed E-state index contributed by atoms with van der Waals surface area (Å²) in [4.78, 5) is 4.22. The lowest BCUT2D eigenvalue weighted by molar-refractivity contribution is 0.475. The first-order chi connectivity index (χ1) is 7.79. The number of nitrogens with one attached hydrogen (secondary N) is 1. The predicted molar refractivity (Wildman–Crippen MR) is 63.3 cm³/mol. The number of imidazole rings is 1. The largest absolute Gasteiger partial charge is 0.508 e. The number of anilines is 1. The van der Waals surface area contributed by atoms with Crippen molar-refractivity contribution in [1.82, 2.24) is 9.55 Å². The Morgan fingerprint density at radius 1 is 1.31 bits per heavy atom. The average Bonchev–Trinajstić information content (AvgIpc) is 2.76. The average molecular weight is 217 g/mol. The first-order valence-electron chi connectivity index (χ1n) is 5.32. The Morgan fingerprint density at radius 3 is 2.75 bits per heavy atom. The van der Waals surface area contributed by atoms with Crippen molar-refractivity contribution in [2.45, 2.75) is 20.0 Å². The van der Waals surface area contributed by atoms with Gasteiger partial charge in [0.1, 0.15) is 5.75 Å². The second kappa shape index (κ2) is 4.70. The minimum absolute atomic E-state index is 0.291. The molecule has 0 aliphatic rings. The molecule has 0 saturated carbocycles. The zero-order chi connectivity index (χ0) is 11.4. The van der Waals surface area contributed by atoms with Gasteiger partial charge in [-0.2, -0.15) is 0 Å². The second-order valence-corrected chi connectivity index (χ2v) is 3.56. The Balaban J connectivity index is 1.99. The van der Waals surface area contributed by atoms with Crippen LogP contribution in [0.2, 0.25) is 0 Å². The summed E-state index contributed by atoms with van der Waals surface area (Å²) in [5, 5.41) is 12.4. The summed E-state index contributed by atoms with van der Waals surface area (Å²) in [6.45, 7) is 3.68. The van der Waals surface area contributed by atoms with Crippen molar-refractivity contribution in [2.75, 3.05) is 5.32 Å². The van der Waals surface area contributed by atoms with E-state index in [0.29, 0.717) is 12.3 Å². The van der Waals surface area contributed by atoms with Gasteiger partial charge in [0.15, 0.2) is 0 Å². The van der Waals surface area contributed by atoms with Gasteiger partial charge in [0.25, 0.3) is 0 Å². The molecule has 0 aliphatic carbocycles. The first-order valence-corrected chi connectivity index (χ1v) is 5.32. The van der Waals surface area contributed by atoms with Gasteiger partial charge >= 0.3 is 0 Å². The number of aryl methyl sites for hydroxylation is 1. The molecule has 2 rings (SSSR count). The molecule has 16 heavy (non-hydrogen) atoms. The van der Waals surface area contributed by atoms with E-state index < -0.39 is 0 Å². The van der Waals surface area contributed by atoms with Crippen molar-refractivity contribution in [3.63, 3.8) is 0 Å². The van der Waals surface area contributed by atoms with Crippen LogP contribution in [0.3, 0.4) is 0 Å². The van der Waals surface area contributed by atoms with Crippen molar-refractivity contribution >= 4 is 5.95 Å². The molecule has 0 radical (unpaired) electrons. The molecule has 1 aromatic carbocycles. The number of rotatable bonds is 4. The normalized spacial score (nSPS) is 10.3. The topological polar surface area (TPSA) is 50.1 Å². The third-order valence-electron chi connectivity index (χ3n) is 2.44. The maximum absolute atomic E-state index is 9.15. The molecule has 4 heteroatoms. The summed E-state index contributed by atoms with van der Waals surface area (Å²) >= 11 is 0. The molecule has 0 aliphatic heterocycles. The van der Waals surface area contributed by atoms with Crippen LogP contribution in [-0.2, 0) is 13.1 Å². The zero-order valence-electron chi connectivity index (χ0n) is 9.22. The lowest BCUT2D eigenvalue weighted by Crippen LogP contribution is -2.06. The number of hydrogen-bond acceptors (Lipinski definition) is 3. The Bertz CT molecular complexity index is 448. The van der Waals surface area contributed by atoms with E-state index in [0.717, 1.165) is 18.1 Å². The zero-order valence-corrected chi connectivity index (χ0v) is 9.22. The number of hydrogen-bond donors (Lipinski definition) is 2. The smallest absolute Gasteiger partial charge is 0.203 e. The summed E-state index contributed by atoms with van der Waals surface area (Å²) in [6.07, 6.45) is 3.72. The van der Waals surface area contributed by atoms with Crippen LogP contribution in [0.25, 0.3) is 0 Å². The van der Waals surface area contributed by atoms with E-state index in [1.165, 1.54) is 0 Å². The minimum atomic E-state index is 0.291. The van der Waals surface area contributed by atoms with Gasteiger partial charge in [0, 0.05) is 25.5 Å². The van der Waals surface area contributed by atoms with Crippen molar-refractivity contribution in [2.24, 2.45) is 0 Å². The molecule has 2 N–H and O–H groups in total. The standard InChI is InChI=1S/C12H15N3O/c1-2-15-8-7-13-12(15)14-9-10-3-5-11(16)6-4-10/h3-8,16H,2,9H2,1H3,(H,13,14). The minimum Gasteiger partial charge on any atom is -0.508 e. The summed E-state index contributed by atoms with van der Waals surface area (Å²) < 4.78 is 2.04. The fourth-order valence-electron chi connectivity index (χ4n) is 1.53. The Labute approximate surface area is 94.6 Å². The maximum atomic E-state index is 9.15. The van der Waals surface area contributed by atoms with Crippen LogP contribution in [0, 0.1) is 0 Å². The molecule has 0 bridgehead atoms. The van der Waals surface area contributed by atoms with Crippen molar-refractivity contribution in [1.29, 1.82) is 0 Å². The number of aromatic nitrogens is 2. The Morgan fingerprint density at radius 2 is 2.06 bits per heavy atom. The molecule has 0 unspecified atom stereocenters. The number of phenolic OH excluding ortho intramolecular Hbond substituents is 1. The molecule has 0 saturated heterocycles. The summed E-state index contributed by atoms with van der Waals surface area (Å²) in [5.74, 6) is 1.16. The number of nitrogens with zero attached hydrogens (tertiary/aromatic N) is 2. The van der Waals surface area contributed by atoms with E-state index in [-0.39, 0.29) is 0 Å². The summed E-state index contributed by atoms with van der Waals surface area (Å²) in [7, 11) is 0.